The normalized spacial score (nSPS) is 26.9. The predicted molar refractivity (Wildman–Crippen MR) is 114 cm³/mol. The molecule has 2 aliphatic heterocycles. The van der Waals surface area contributed by atoms with Gasteiger partial charge < -0.3 is 14.5 Å². The van der Waals surface area contributed by atoms with Crippen LogP contribution in [0.2, 0.25) is 0 Å². The lowest BCUT2D eigenvalue weighted by Gasteiger charge is -2.35. The predicted octanol–water partition coefficient (Wildman–Crippen LogP) is 3.78. The fourth-order valence-corrected chi connectivity index (χ4v) is 4.71. The zero-order valence-corrected chi connectivity index (χ0v) is 18.3. The van der Waals surface area contributed by atoms with Crippen molar-refractivity contribution in [2.45, 2.75) is 45.6 Å². The maximum absolute atomic E-state index is 13.3. The number of carbonyl (C=O) groups excluding carboxylic acids is 1. The van der Waals surface area contributed by atoms with Crippen LogP contribution in [0.3, 0.4) is 0 Å². The van der Waals surface area contributed by atoms with Crippen molar-refractivity contribution in [2.24, 2.45) is 5.92 Å². The summed E-state index contributed by atoms with van der Waals surface area (Å²) in [6.45, 7) is 8.97. The van der Waals surface area contributed by atoms with E-state index in [-0.39, 0.29) is 11.6 Å². The minimum atomic E-state index is -0.259. The number of allylic oxidation sites excluding steroid dienone is 1. The summed E-state index contributed by atoms with van der Waals surface area (Å²) in [5, 5.41) is 0. The monoisotopic (exact) mass is 385 g/mol. The van der Waals surface area contributed by atoms with Crippen molar-refractivity contribution in [3.63, 3.8) is 0 Å². The number of amides is 2. The average Bonchev–Trinajstić information content (AvgIpc) is 2.89. The lowest BCUT2D eigenvalue weighted by molar-refractivity contribution is 0.160. The molecule has 1 fully saturated rings. The maximum atomic E-state index is 13.3. The molecule has 1 aromatic carbocycles. The molecule has 0 spiro atoms. The summed E-state index contributed by atoms with van der Waals surface area (Å²) in [5.74, 6) is 1.29. The van der Waals surface area contributed by atoms with Crippen LogP contribution >= 0.6 is 0 Å². The molecule has 2 amide bonds. The molecule has 0 aromatic heterocycles. The number of urea groups is 1. The van der Waals surface area contributed by atoms with Crippen LogP contribution in [0.5, 0.6) is 5.75 Å². The Morgan fingerprint density at radius 3 is 2.71 bits per heavy atom. The van der Waals surface area contributed by atoms with Crippen molar-refractivity contribution in [3.05, 3.63) is 41.1 Å². The molecule has 154 valence electrons. The number of fused-ring (bicyclic) bond motifs is 2. The van der Waals surface area contributed by atoms with Gasteiger partial charge in [0.25, 0.3) is 0 Å². The van der Waals surface area contributed by atoms with Crippen molar-refractivity contribution in [3.8, 4) is 5.75 Å². The van der Waals surface area contributed by atoms with Gasteiger partial charge in [0.15, 0.2) is 0 Å². The van der Waals surface area contributed by atoms with E-state index in [1.165, 1.54) is 16.8 Å². The summed E-state index contributed by atoms with van der Waals surface area (Å²) in [4.78, 5) is 19.6. The zero-order chi connectivity index (χ0) is 20.5. The lowest BCUT2D eigenvalue weighted by atomic mass is 9.88. The van der Waals surface area contributed by atoms with Gasteiger partial charge in [0.1, 0.15) is 5.75 Å². The van der Waals surface area contributed by atoms with Crippen molar-refractivity contribution in [1.29, 1.82) is 0 Å². The van der Waals surface area contributed by atoms with Gasteiger partial charge >= 0.3 is 6.03 Å². The van der Waals surface area contributed by atoms with Crippen molar-refractivity contribution >= 4 is 6.03 Å². The maximum Gasteiger partial charge on any atom is 0.325 e. The fraction of sp³-hybridized carbons (Fsp3) is 0.609. The number of carbonyl (C=O) groups is 1. The van der Waals surface area contributed by atoms with Crippen LogP contribution < -0.4 is 4.74 Å². The van der Waals surface area contributed by atoms with E-state index in [0.717, 1.165) is 38.1 Å². The molecule has 0 saturated carbocycles. The molecule has 1 saturated heterocycles. The number of likely N-dealkylation sites (N-methyl/N-ethyl adjacent to an activating group) is 1. The van der Waals surface area contributed by atoms with E-state index in [1.807, 2.05) is 11.0 Å². The topological polar surface area (TPSA) is 36.0 Å². The highest BCUT2D eigenvalue weighted by Gasteiger charge is 2.49. The average molecular weight is 386 g/mol. The Labute approximate surface area is 169 Å². The fourth-order valence-electron chi connectivity index (χ4n) is 4.71. The Hall–Kier alpha value is -2.01. The third kappa shape index (κ3) is 3.64. The van der Waals surface area contributed by atoms with E-state index in [0.29, 0.717) is 12.5 Å². The Morgan fingerprint density at radius 1 is 1.32 bits per heavy atom. The molecule has 2 atom stereocenters. The summed E-state index contributed by atoms with van der Waals surface area (Å²) in [6, 6.07) is 6.43. The molecule has 5 nitrogen and oxygen atoms in total. The Morgan fingerprint density at radius 2 is 2.07 bits per heavy atom. The highest BCUT2D eigenvalue weighted by atomic mass is 16.5. The molecular formula is C23H35N3O2. The Balaban J connectivity index is 2.02. The molecule has 5 heteroatoms. The van der Waals surface area contributed by atoms with Gasteiger partial charge in [0, 0.05) is 25.3 Å². The number of methoxy groups -OCH3 is 1. The van der Waals surface area contributed by atoms with Gasteiger partial charge in [-0.3, -0.25) is 4.90 Å². The van der Waals surface area contributed by atoms with Gasteiger partial charge in [-0.05, 0) is 70.3 Å². The molecule has 3 rings (SSSR count). The van der Waals surface area contributed by atoms with Crippen LogP contribution in [-0.4, -0.2) is 67.1 Å². The smallest absolute Gasteiger partial charge is 0.325 e. The molecule has 0 bridgehead atoms. The van der Waals surface area contributed by atoms with Crippen LogP contribution in [0.4, 0.5) is 4.79 Å². The highest BCUT2D eigenvalue weighted by Crippen LogP contribution is 2.41. The number of rotatable bonds is 5. The van der Waals surface area contributed by atoms with Gasteiger partial charge in [0.2, 0.25) is 0 Å². The molecule has 1 aromatic rings. The third-order valence-electron chi connectivity index (χ3n) is 6.29. The van der Waals surface area contributed by atoms with E-state index in [9.17, 15) is 4.79 Å². The lowest BCUT2D eigenvalue weighted by Crippen LogP contribution is -2.45. The minimum absolute atomic E-state index is 0.147. The second-order valence-electron chi connectivity index (χ2n) is 8.59. The van der Waals surface area contributed by atoms with Crippen molar-refractivity contribution in [1.82, 2.24) is 14.7 Å². The molecule has 28 heavy (non-hydrogen) atoms. The molecule has 2 aliphatic rings. The molecular weight excluding hydrogens is 350 g/mol. The summed E-state index contributed by atoms with van der Waals surface area (Å²) in [6.07, 6.45) is 5.06. The Bertz CT molecular complexity index is 758. The van der Waals surface area contributed by atoms with Gasteiger partial charge in [-0.1, -0.05) is 25.1 Å². The molecule has 0 N–H and O–H groups in total. The van der Waals surface area contributed by atoms with E-state index in [4.69, 9.17) is 4.74 Å². The van der Waals surface area contributed by atoms with Crippen LogP contribution in [0, 0.1) is 5.92 Å². The summed E-state index contributed by atoms with van der Waals surface area (Å²) in [7, 11) is 5.93. The summed E-state index contributed by atoms with van der Waals surface area (Å²) >= 11 is 0. The number of hydrogen-bond donors (Lipinski definition) is 0. The molecule has 2 heterocycles. The van der Waals surface area contributed by atoms with Crippen LogP contribution in [0.15, 0.2) is 30.0 Å². The van der Waals surface area contributed by atoms with Crippen molar-refractivity contribution in [2.75, 3.05) is 40.8 Å². The van der Waals surface area contributed by atoms with E-state index in [1.54, 1.807) is 7.11 Å². The largest absolute Gasteiger partial charge is 0.496 e. The van der Waals surface area contributed by atoms with E-state index >= 15 is 0 Å². The van der Waals surface area contributed by atoms with Crippen LogP contribution in [0.25, 0.3) is 0 Å². The minimum Gasteiger partial charge on any atom is -0.496 e. The molecule has 1 unspecified atom stereocenters. The standard InChI is InChI=1S/C23H35N3O2/c1-7-26-22(27)25-13-11-18-9-8-10-20(28-6)19(18)15-17(2)16-21(25)23(26,3)12-14-24(4)5/h8-10,16-17H,7,11-15H2,1-6H3/b21-16-/t17-,23?/m1/s1. The number of benzene rings is 1. The van der Waals surface area contributed by atoms with E-state index < -0.39 is 0 Å². The first kappa shape index (κ1) is 20.7. The molecule has 0 radical (unpaired) electrons. The van der Waals surface area contributed by atoms with Crippen molar-refractivity contribution < 1.29 is 9.53 Å². The third-order valence-corrected chi connectivity index (χ3v) is 6.29. The number of hydrogen-bond acceptors (Lipinski definition) is 3. The first-order valence-electron chi connectivity index (χ1n) is 10.4. The van der Waals surface area contributed by atoms with E-state index in [2.05, 4.69) is 62.9 Å². The number of ether oxygens (including phenoxy) is 1. The zero-order valence-electron chi connectivity index (χ0n) is 18.3. The first-order valence-corrected chi connectivity index (χ1v) is 10.4. The van der Waals surface area contributed by atoms with Gasteiger partial charge in [-0.15, -0.1) is 0 Å². The first-order chi connectivity index (χ1) is 13.3. The SMILES string of the molecule is CCN1C(=O)N2CCc3cccc(OC)c3C[C@@H](C)/C=C\2C1(C)CCN(C)C. The summed E-state index contributed by atoms with van der Waals surface area (Å²) in [5.41, 5.74) is 3.50. The quantitative estimate of drug-likeness (QED) is 0.774. The van der Waals surface area contributed by atoms with Crippen LogP contribution in [-0.2, 0) is 12.8 Å². The second-order valence-corrected chi connectivity index (χ2v) is 8.59. The summed E-state index contributed by atoms with van der Waals surface area (Å²) < 4.78 is 5.64. The number of nitrogens with zero attached hydrogens (tertiary/aromatic N) is 3. The highest BCUT2D eigenvalue weighted by molar-refractivity contribution is 5.82. The van der Waals surface area contributed by atoms with Gasteiger partial charge in [0.05, 0.1) is 12.6 Å². The second kappa shape index (κ2) is 8.16. The van der Waals surface area contributed by atoms with Gasteiger partial charge in [-0.2, -0.15) is 0 Å². The van der Waals surface area contributed by atoms with Crippen LogP contribution in [0.1, 0.15) is 38.3 Å². The molecule has 0 aliphatic carbocycles. The Kier molecular flexibility index (Phi) is 6.04. The van der Waals surface area contributed by atoms with Gasteiger partial charge in [-0.25, -0.2) is 4.79 Å².